The second-order valence-corrected chi connectivity index (χ2v) is 3.42. The molecule has 0 saturated carbocycles. The number of nitrogens with one attached hydrogen (secondary N) is 1. The Bertz CT molecular complexity index is 373. The van der Waals surface area contributed by atoms with Gasteiger partial charge in [0, 0.05) is 0 Å². The molecule has 0 bridgehead atoms. The number of rotatable bonds is 2. The van der Waals surface area contributed by atoms with Crippen LogP contribution in [-0.2, 0) is 4.74 Å². The van der Waals surface area contributed by atoms with Gasteiger partial charge >= 0.3 is 6.02 Å². The average Bonchev–Trinajstić information content (AvgIpc) is 2.66. The lowest BCUT2D eigenvalue weighted by atomic mass is 10.2. The van der Waals surface area contributed by atoms with Crippen LogP contribution in [0.2, 0.25) is 0 Å². The Hall–Kier alpha value is -1.84. The zero-order chi connectivity index (χ0) is 10.5. The fourth-order valence-corrected chi connectivity index (χ4v) is 1.24. The standard InChI is InChI=1S/C11H13N3O/c1-9-8-15-11(13-9)14-12-7-10-5-3-2-4-6-10/h2-7,9H,8H2,1H3,(H,13,14)/b12-7+/t9-/m1/s1. The zero-order valence-electron chi connectivity index (χ0n) is 8.55. The molecule has 0 amide bonds. The lowest BCUT2D eigenvalue weighted by Crippen LogP contribution is -2.23. The van der Waals surface area contributed by atoms with Crippen LogP contribution in [0, 0.1) is 0 Å². The van der Waals surface area contributed by atoms with Gasteiger partial charge in [-0.3, -0.25) is 0 Å². The Morgan fingerprint density at radius 3 is 2.87 bits per heavy atom. The van der Waals surface area contributed by atoms with E-state index in [1.807, 2.05) is 37.3 Å². The van der Waals surface area contributed by atoms with E-state index in [1.165, 1.54) is 0 Å². The monoisotopic (exact) mass is 203 g/mol. The Labute approximate surface area is 88.7 Å². The first-order chi connectivity index (χ1) is 7.34. The Kier molecular flexibility index (Phi) is 2.97. The first-order valence-corrected chi connectivity index (χ1v) is 4.90. The molecule has 0 radical (unpaired) electrons. The summed E-state index contributed by atoms with van der Waals surface area (Å²) in [7, 11) is 0. The minimum Gasteiger partial charge on any atom is -0.462 e. The van der Waals surface area contributed by atoms with Gasteiger partial charge in [-0.15, -0.1) is 0 Å². The number of hydrogen-bond acceptors (Lipinski definition) is 3. The molecule has 1 fully saturated rings. The minimum atomic E-state index is 0.315. The summed E-state index contributed by atoms with van der Waals surface area (Å²) in [4.78, 5) is 0. The third-order valence-corrected chi connectivity index (χ3v) is 1.99. The zero-order valence-corrected chi connectivity index (χ0v) is 8.55. The summed E-state index contributed by atoms with van der Waals surface area (Å²) in [6.45, 7) is 2.68. The average molecular weight is 203 g/mol. The largest absolute Gasteiger partial charge is 0.462 e. The van der Waals surface area contributed by atoms with Gasteiger partial charge in [0.15, 0.2) is 0 Å². The summed E-state index contributed by atoms with van der Waals surface area (Å²) < 4.78 is 5.23. The molecule has 1 N–H and O–H groups in total. The Morgan fingerprint density at radius 2 is 2.20 bits per heavy atom. The lowest BCUT2D eigenvalue weighted by molar-refractivity contribution is 0.330. The molecule has 0 unspecified atom stereocenters. The summed E-state index contributed by atoms with van der Waals surface area (Å²) in [5.41, 5.74) is 1.02. The molecule has 1 aliphatic heterocycles. The summed E-state index contributed by atoms with van der Waals surface area (Å²) in [6, 6.07) is 10.6. The van der Waals surface area contributed by atoms with Gasteiger partial charge in [-0.1, -0.05) is 35.4 Å². The third-order valence-electron chi connectivity index (χ3n) is 1.99. The maximum absolute atomic E-state index is 5.23. The fraction of sp³-hybridized carbons (Fsp3) is 0.273. The van der Waals surface area contributed by atoms with Crippen LogP contribution in [0.5, 0.6) is 0 Å². The summed E-state index contributed by atoms with van der Waals surface area (Å²) in [5, 5.41) is 10.9. The number of ether oxygens (including phenoxy) is 1. The van der Waals surface area contributed by atoms with Gasteiger partial charge in [0.1, 0.15) is 6.61 Å². The molecule has 0 spiro atoms. The first kappa shape index (κ1) is 9.71. The normalized spacial score (nSPS) is 23.0. The molecule has 1 heterocycles. The number of hydrogen-bond donors (Lipinski definition) is 1. The highest BCUT2D eigenvalue weighted by Crippen LogP contribution is 1.97. The molecule has 2 rings (SSSR count). The number of amidine groups is 1. The predicted molar refractivity (Wildman–Crippen MR) is 60.0 cm³/mol. The molecule has 1 aromatic carbocycles. The molecule has 15 heavy (non-hydrogen) atoms. The Balaban J connectivity index is 1.96. The molecule has 1 atom stereocenters. The molecule has 1 aliphatic rings. The Morgan fingerprint density at radius 1 is 1.40 bits per heavy atom. The maximum atomic E-state index is 5.23. The molecular formula is C11H13N3O. The van der Waals surface area contributed by atoms with Crippen molar-refractivity contribution in [3.8, 4) is 0 Å². The SMILES string of the molecule is C[C@@H]1CO/C(=N/N=C/c2ccccc2)N1. The lowest BCUT2D eigenvalue weighted by Gasteiger charge is -1.94. The van der Waals surface area contributed by atoms with Gasteiger partial charge in [-0.2, -0.15) is 5.10 Å². The smallest absolute Gasteiger partial charge is 0.309 e. The van der Waals surface area contributed by atoms with E-state index in [0.717, 1.165) is 5.56 Å². The van der Waals surface area contributed by atoms with E-state index in [9.17, 15) is 0 Å². The first-order valence-electron chi connectivity index (χ1n) is 4.90. The van der Waals surface area contributed by atoms with Crippen molar-refractivity contribution in [3.63, 3.8) is 0 Å². The van der Waals surface area contributed by atoms with E-state index in [-0.39, 0.29) is 0 Å². The fourth-order valence-electron chi connectivity index (χ4n) is 1.24. The highest BCUT2D eigenvalue weighted by atomic mass is 16.5. The molecule has 4 nitrogen and oxygen atoms in total. The van der Waals surface area contributed by atoms with Crippen LogP contribution in [-0.4, -0.2) is 24.9 Å². The van der Waals surface area contributed by atoms with Crippen molar-refractivity contribution in [2.24, 2.45) is 10.2 Å². The van der Waals surface area contributed by atoms with Crippen LogP contribution in [0.4, 0.5) is 0 Å². The van der Waals surface area contributed by atoms with E-state index < -0.39 is 0 Å². The predicted octanol–water partition coefficient (Wildman–Crippen LogP) is 1.38. The molecule has 78 valence electrons. The summed E-state index contributed by atoms with van der Waals surface area (Å²) in [5.74, 6) is 0. The maximum Gasteiger partial charge on any atom is 0.309 e. The van der Waals surface area contributed by atoms with E-state index in [1.54, 1.807) is 6.21 Å². The van der Waals surface area contributed by atoms with Gasteiger partial charge in [0.25, 0.3) is 0 Å². The summed E-state index contributed by atoms with van der Waals surface area (Å²) in [6.07, 6.45) is 1.70. The van der Waals surface area contributed by atoms with Gasteiger partial charge in [0.05, 0.1) is 12.3 Å². The van der Waals surface area contributed by atoms with Crippen LogP contribution in [0.25, 0.3) is 0 Å². The van der Waals surface area contributed by atoms with Crippen LogP contribution in [0.1, 0.15) is 12.5 Å². The van der Waals surface area contributed by atoms with Crippen molar-refractivity contribution < 1.29 is 4.74 Å². The van der Waals surface area contributed by atoms with Crippen LogP contribution >= 0.6 is 0 Å². The van der Waals surface area contributed by atoms with Crippen molar-refractivity contribution in [2.75, 3.05) is 6.61 Å². The van der Waals surface area contributed by atoms with Crippen molar-refractivity contribution in [1.29, 1.82) is 0 Å². The molecule has 4 heteroatoms. The van der Waals surface area contributed by atoms with Crippen LogP contribution in [0.3, 0.4) is 0 Å². The second-order valence-electron chi connectivity index (χ2n) is 3.42. The number of benzene rings is 1. The number of nitrogens with zero attached hydrogens (tertiary/aromatic N) is 2. The van der Waals surface area contributed by atoms with E-state index in [2.05, 4.69) is 15.5 Å². The third kappa shape index (κ3) is 2.80. The van der Waals surface area contributed by atoms with Gasteiger partial charge in [-0.25, -0.2) is 0 Å². The van der Waals surface area contributed by atoms with Crippen LogP contribution in [0.15, 0.2) is 40.5 Å². The minimum absolute atomic E-state index is 0.315. The topological polar surface area (TPSA) is 46.0 Å². The van der Waals surface area contributed by atoms with Crippen LogP contribution < -0.4 is 5.32 Å². The van der Waals surface area contributed by atoms with Gasteiger partial charge in [-0.05, 0) is 12.5 Å². The van der Waals surface area contributed by atoms with Crippen molar-refractivity contribution in [2.45, 2.75) is 13.0 Å². The van der Waals surface area contributed by atoms with Crippen molar-refractivity contribution >= 4 is 12.2 Å². The van der Waals surface area contributed by atoms with Crippen molar-refractivity contribution in [1.82, 2.24) is 5.32 Å². The van der Waals surface area contributed by atoms with E-state index in [0.29, 0.717) is 18.7 Å². The van der Waals surface area contributed by atoms with Gasteiger partial charge in [0.2, 0.25) is 0 Å². The highest BCUT2D eigenvalue weighted by molar-refractivity contribution is 5.81. The highest BCUT2D eigenvalue weighted by Gasteiger charge is 2.15. The molecule has 0 aliphatic carbocycles. The molecule has 0 aromatic heterocycles. The molecule has 1 aromatic rings. The van der Waals surface area contributed by atoms with E-state index in [4.69, 9.17) is 4.74 Å². The molecule has 1 saturated heterocycles. The summed E-state index contributed by atoms with van der Waals surface area (Å²) >= 11 is 0. The van der Waals surface area contributed by atoms with Crippen molar-refractivity contribution in [3.05, 3.63) is 35.9 Å². The van der Waals surface area contributed by atoms with E-state index >= 15 is 0 Å². The quantitative estimate of drug-likeness (QED) is 0.583. The van der Waals surface area contributed by atoms with Gasteiger partial charge < -0.3 is 10.1 Å². The molecular weight excluding hydrogens is 190 g/mol. The second kappa shape index (κ2) is 4.59.